The van der Waals surface area contributed by atoms with Crippen LogP contribution in [0.15, 0.2) is 42.5 Å². The number of carbonyl (C=O) groups excluding carboxylic acids is 2. The molecule has 0 bridgehead atoms. The summed E-state index contributed by atoms with van der Waals surface area (Å²) >= 11 is 0. The summed E-state index contributed by atoms with van der Waals surface area (Å²) in [5.41, 5.74) is 1.30. The SMILES string of the molecule is COc1ccc(CC(=O)OCC(=O)N(CCC#N)c2ccc3c(c2)OCCO3)cc1. The van der Waals surface area contributed by atoms with Gasteiger partial charge in [0.1, 0.15) is 19.0 Å². The molecule has 2 aromatic rings. The summed E-state index contributed by atoms with van der Waals surface area (Å²) in [7, 11) is 1.56. The lowest BCUT2D eigenvalue weighted by molar-refractivity contribution is -0.147. The monoisotopic (exact) mass is 410 g/mol. The van der Waals surface area contributed by atoms with Gasteiger partial charge in [0.05, 0.1) is 26.0 Å². The maximum absolute atomic E-state index is 12.7. The van der Waals surface area contributed by atoms with Crippen molar-refractivity contribution in [1.82, 2.24) is 0 Å². The zero-order chi connectivity index (χ0) is 21.3. The summed E-state index contributed by atoms with van der Waals surface area (Å²) in [4.78, 5) is 26.2. The van der Waals surface area contributed by atoms with Crippen LogP contribution in [-0.2, 0) is 20.7 Å². The van der Waals surface area contributed by atoms with Gasteiger partial charge in [-0.1, -0.05) is 12.1 Å². The van der Waals surface area contributed by atoms with E-state index in [1.807, 2.05) is 6.07 Å². The van der Waals surface area contributed by atoms with Gasteiger partial charge < -0.3 is 23.8 Å². The van der Waals surface area contributed by atoms with Crippen molar-refractivity contribution in [2.75, 3.05) is 38.4 Å². The second kappa shape index (κ2) is 10.2. The lowest BCUT2D eigenvalue weighted by Crippen LogP contribution is -2.35. The van der Waals surface area contributed by atoms with Gasteiger partial charge in [0, 0.05) is 18.3 Å². The van der Waals surface area contributed by atoms with Gasteiger partial charge in [0.2, 0.25) is 0 Å². The number of ether oxygens (including phenoxy) is 4. The number of nitrogens with zero attached hydrogens (tertiary/aromatic N) is 2. The minimum atomic E-state index is -0.518. The van der Waals surface area contributed by atoms with Crippen LogP contribution in [0.1, 0.15) is 12.0 Å². The first-order valence-corrected chi connectivity index (χ1v) is 9.46. The molecule has 0 radical (unpaired) electrons. The molecule has 156 valence electrons. The van der Waals surface area contributed by atoms with Crippen LogP contribution < -0.4 is 19.1 Å². The highest BCUT2D eigenvalue weighted by Gasteiger charge is 2.20. The molecule has 3 rings (SSSR count). The number of esters is 1. The molecular formula is C22H22N2O6. The summed E-state index contributed by atoms with van der Waals surface area (Å²) in [6.07, 6.45) is 0.180. The predicted molar refractivity (Wildman–Crippen MR) is 108 cm³/mol. The van der Waals surface area contributed by atoms with Crippen molar-refractivity contribution in [2.24, 2.45) is 0 Å². The van der Waals surface area contributed by atoms with Crippen molar-refractivity contribution in [1.29, 1.82) is 5.26 Å². The molecule has 1 heterocycles. The largest absolute Gasteiger partial charge is 0.497 e. The Labute approximate surface area is 174 Å². The second-order valence-electron chi connectivity index (χ2n) is 6.47. The topological polar surface area (TPSA) is 98.1 Å². The predicted octanol–water partition coefficient (Wildman–Crippen LogP) is 2.50. The van der Waals surface area contributed by atoms with Crippen LogP contribution in [0.4, 0.5) is 5.69 Å². The van der Waals surface area contributed by atoms with Crippen LogP contribution in [0.3, 0.4) is 0 Å². The summed E-state index contributed by atoms with van der Waals surface area (Å²) in [5.74, 6) is 0.879. The Morgan fingerprint density at radius 1 is 1.10 bits per heavy atom. The zero-order valence-corrected chi connectivity index (χ0v) is 16.6. The third-order valence-electron chi connectivity index (χ3n) is 4.45. The Morgan fingerprint density at radius 3 is 2.53 bits per heavy atom. The Hall–Kier alpha value is -3.73. The normalized spacial score (nSPS) is 11.9. The van der Waals surface area contributed by atoms with Crippen LogP contribution in [0, 0.1) is 11.3 Å². The van der Waals surface area contributed by atoms with E-state index in [1.54, 1.807) is 49.6 Å². The summed E-state index contributed by atoms with van der Waals surface area (Å²) in [5, 5.41) is 8.93. The Morgan fingerprint density at radius 2 is 1.83 bits per heavy atom. The number of methoxy groups -OCH3 is 1. The molecule has 1 aliphatic heterocycles. The van der Waals surface area contributed by atoms with Crippen molar-refractivity contribution < 1.29 is 28.5 Å². The van der Waals surface area contributed by atoms with Crippen molar-refractivity contribution in [3.63, 3.8) is 0 Å². The summed E-state index contributed by atoms with van der Waals surface area (Å²) in [6, 6.07) is 14.2. The number of hydrogen-bond donors (Lipinski definition) is 0. The molecule has 0 saturated carbocycles. The number of nitriles is 1. The minimum Gasteiger partial charge on any atom is -0.497 e. The van der Waals surface area contributed by atoms with Crippen molar-refractivity contribution >= 4 is 17.6 Å². The van der Waals surface area contributed by atoms with E-state index in [-0.39, 0.29) is 19.4 Å². The number of anilines is 1. The van der Waals surface area contributed by atoms with E-state index in [9.17, 15) is 9.59 Å². The van der Waals surface area contributed by atoms with Crippen LogP contribution in [0.2, 0.25) is 0 Å². The van der Waals surface area contributed by atoms with Crippen LogP contribution in [0.5, 0.6) is 17.2 Å². The van der Waals surface area contributed by atoms with Gasteiger partial charge in [-0.25, -0.2) is 0 Å². The molecule has 2 aromatic carbocycles. The van der Waals surface area contributed by atoms with E-state index in [4.69, 9.17) is 24.2 Å². The molecule has 1 aliphatic rings. The van der Waals surface area contributed by atoms with E-state index in [0.29, 0.717) is 36.1 Å². The molecule has 0 atom stereocenters. The number of hydrogen-bond acceptors (Lipinski definition) is 7. The third-order valence-corrected chi connectivity index (χ3v) is 4.45. The smallest absolute Gasteiger partial charge is 0.310 e. The van der Waals surface area contributed by atoms with Crippen LogP contribution in [-0.4, -0.2) is 45.4 Å². The first-order chi connectivity index (χ1) is 14.6. The molecule has 0 saturated heterocycles. The Bertz CT molecular complexity index is 936. The van der Waals surface area contributed by atoms with Gasteiger partial charge in [-0.2, -0.15) is 5.26 Å². The first-order valence-electron chi connectivity index (χ1n) is 9.46. The molecule has 0 spiro atoms. The number of amides is 1. The molecule has 0 N–H and O–H groups in total. The molecule has 1 amide bonds. The first kappa shape index (κ1) is 21.0. The fraction of sp³-hybridized carbons (Fsp3) is 0.318. The van der Waals surface area contributed by atoms with E-state index in [2.05, 4.69) is 0 Å². The highest BCUT2D eigenvalue weighted by molar-refractivity contribution is 5.95. The summed E-state index contributed by atoms with van der Waals surface area (Å²) < 4.78 is 21.3. The average molecular weight is 410 g/mol. The summed E-state index contributed by atoms with van der Waals surface area (Å²) in [6.45, 7) is 0.638. The van der Waals surface area contributed by atoms with E-state index < -0.39 is 18.5 Å². The van der Waals surface area contributed by atoms with Gasteiger partial charge >= 0.3 is 5.97 Å². The Balaban J connectivity index is 1.62. The second-order valence-corrected chi connectivity index (χ2v) is 6.47. The highest BCUT2D eigenvalue weighted by atomic mass is 16.6. The molecular weight excluding hydrogens is 388 g/mol. The van der Waals surface area contributed by atoms with Gasteiger partial charge in [-0.3, -0.25) is 9.59 Å². The standard InChI is InChI=1S/C22H22N2O6/c1-27-18-6-3-16(4-7-18)13-22(26)30-15-21(25)24(10-2-9-23)17-5-8-19-20(14-17)29-12-11-28-19/h3-8,14H,2,10-13,15H2,1H3. The quantitative estimate of drug-likeness (QED) is 0.617. The average Bonchev–Trinajstić information content (AvgIpc) is 2.78. The molecule has 0 unspecified atom stereocenters. The molecule has 8 heteroatoms. The van der Waals surface area contributed by atoms with Crippen LogP contribution in [0.25, 0.3) is 0 Å². The van der Waals surface area contributed by atoms with Crippen molar-refractivity contribution in [3.8, 4) is 23.3 Å². The number of fused-ring (bicyclic) bond motifs is 1. The lowest BCUT2D eigenvalue weighted by atomic mass is 10.1. The van der Waals surface area contributed by atoms with E-state index in [1.165, 1.54) is 4.90 Å². The van der Waals surface area contributed by atoms with Crippen molar-refractivity contribution in [2.45, 2.75) is 12.8 Å². The molecule has 0 fully saturated rings. The molecule has 0 aliphatic carbocycles. The van der Waals surface area contributed by atoms with Crippen molar-refractivity contribution in [3.05, 3.63) is 48.0 Å². The fourth-order valence-electron chi connectivity index (χ4n) is 2.94. The maximum Gasteiger partial charge on any atom is 0.310 e. The number of benzene rings is 2. The molecule has 30 heavy (non-hydrogen) atoms. The highest BCUT2D eigenvalue weighted by Crippen LogP contribution is 2.34. The van der Waals surface area contributed by atoms with E-state index >= 15 is 0 Å². The minimum absolute atomic E-state index is 0.0412. The van der Waals surface area contributed by atoms with Gasteiger partial charge in [-0.05, 0) is 29.8 Å². The van der Waals surface area contributed by atoms with Gasteiger partial charge in [0.15, 0.2) is 18.1 Å². The number of rotatable bonds is 8. The van der Waals surface area contributed by atoms with E-state index in [0.717, 1.165) is 5.56 Å². The lowest BCUT2D eigenvalue weighted by Gasteiger charge is -2.24. The molecule has 0 aromatic heterocycles. The van der Waals surface area contributed by atoms with Crippen LogP contribution >= 0.6 is 0 Å². The molecule has 8 nitrogen and oxygen atoms in total. The third kappa shape index (κ3) is 5.41. The van der Waals surface area contributed by atoms with Gasteiger partial charge in [-0.15, -0.1) is 0 Å². The number of carbonyl (C=O) groups is 2. The maximum atomic E-state index is 12.7. The zero-order valence-electron chi connectivity index (χ0n) is 16.6. The Kier molecular flexibility index (Phi) is 7.11. The van der Waals surface area contributed by atoms with Gasteiger partial charge in [0.25, 0.3) is 5.91 Å². The fourth-order valence-corrected chi connectivity index (χ4v) is 2.94.